The summed E-state index contributed by atoms with van der Waals surface area (Å²) in [6.07, 6.45) is 2.40. The zero-order chi connectivity index (χ0) is 14.0. The Hall–Kier alpha value is -1.36. The number of amides is 1. The Bertz CT molecular complexity index is 445. The van der Waals surface area contributed by atoms with Crippen molar-refractivity contribution < 1.29 is 4.79 Å². The number of piperidine rings is 1. The predicted molar refractivity (Wildman–Crippen MR) is 75.2 cm³/mol. The number of aryl methyl sites for hydroxylation is 2. The Kier molecular flexibility index (Phi) is 3.94. The first-order valence-electron chi connectivity index (χ1n) is 6.95. The average molecular weight is 264 g/mol. The van der Waals surface area contributed by atoms with Crippen molar-refractivity contribution in [3.8, 4) is 0 Å². The summed E-state index contributed by atoms with van der Waals surface area (Å²) in [5.74, 6) is -0.0353. The minimum absolute atomic E-state index is 0.0353. The molecule has 5 nitrogen and oxygen atoms in total. The van der Waals surface area contributed by atoms with Gasteiger partial charge in [0.05, 0.1) is 11.3 Å². The third kappa shape index (κ3) is 2.97. The molecule has 0 aromatic carbocycles. The summed E-state index contributed by atoms with van der Waals surface area (Å²) in [7, 11) is 0. The third-order valence-electron chi connectivity index (χ3n) is 4.15. The van der Waals surface area contributed by atoms with E-state index in [0.29, 0.717) is 18.2 Å². The standard InChI is InChI=1S/C14H24N4O/c1-9-12(10(2)18-17-9)13(19)16-8-11-14(3,4)6-5-7-15-11/h11,15H,5-8H2,1-4H3,(H,16,19)(H,17,18). The quantitative estimate of drug-likeness (QED) is 0.775. The molecule has 1 atom stereocenters. The van der Waals surface area contributed by atoms with Crippen LogP contribution in [-0.2, 0) is 0 Å². The van der Waals surface area contributed by atoms with Crippen molar-refractivity contribution in [2.75, 3.05) is 13.1 Å². The second-order valence-corrected chi connectivity index (χ2v) is 6.12. The van der Waals surface area contributed by atoms with Gasteiger partial charge in [0, 0.05) is 18.3 Å². The summed E-state index contributed by atoms with van der Waals surface area (Å²) in [5.41, 5.74) is 2.48. The number of aromatic nitrogens is 2. The number of hydrogen-bond donors (Lipinski definition) is 3. The van der Waals surface area contributed by atoms with E-state index in [1.54, 1.807) is 0 Å². The van der Waals surface area contributed by atoms with Crippen LogP contribution in [0.4, 0.5) is 0 Å². The molecule has 0 aliphatic carbocycles. The van der Waals surface area contributed by atoms with Crippen LogP contribution in [0.2, 0.25) is 0 Å². The highest BCUT2D eigenvalue weighted by Gasteiger charge is 2.32. The van der Waals surface area contributed by atoms with Crippen molar-refractivity contribution >= 4 is 5.91 Å². The molecule has 5 heteroatoms. The monoisotopic (exact) mass is 264 g/mol. The van der Waals surface area contributed by atoms with Gasteiger partial charge in [-0.1, -0.05) is 13.8 Å². The molecular formula is C14H24N4O. The van der Waals surface area contributed by atoms with Crippen LogP contribution in [0.25, 0.3) is 0 Å². The molecule has 0 saturated carbocycles. The summed E-state index contributed by atoms with van der Waals surface area (Å²) >= 11 is 0. The van der Waals surface area contributed by atoms with E-state index in [1.807, 2.05) is 13.8 Å². The van der Waals surface area contributed by atoms with E-state index in [0.717, 1.165) is 17.9 Å². The molecule has 1 aliphatic rings. The van der Waals surface area contributed by atoms with Gasteiger partial charge in [-0.25, -0.2) is 0 Å². The number of hydrogen-bond acceptors (Lipinski definition) is 3. The molecular weight excluding hydrogens is 240 g/mol. The van der Waals surface area contributed by atoms with Crippen LogP contribution in [0.3, 0.4) is 0 Å². The lowest BCUT2D eigenvalue weighted by Gasteiger charge is -2.39. The van der Waals surface area contributed by atoms with Gasteiger partial charge >= 0.3 is 0 Å². The molecule has 1 unspecified atom stereocenters. The minimum atomic E-state index is -0.0353. The molecule has 2 heterocycles. The molecule has 1 aromatic heterocycles. The summed E-state index contributed by atoms with van der Waals surface area (Å²) in [6, 6.07) is 0.331. The van der Waals surface area contributed by atoms with Crippen LogP contribution < -0.4 is 10.6 Å². The SMILES string of the molecule is Cc1n[nH]c(C)c1C(=O)NCC1NCCCC1(C)C. The Morgan fingerprint density at radius 1 is 1.47 bits per heavy atom. The first kappa shape index (κ1) is 14.1. The smallest absolute Gasteiger partial charge is 0.255 e. The summed E-state index contributed by atoms with van der Waals surface area (Å²) in [6.45, 7) is 9.93. The maximum atomic E-state index is 12.2. The van der Waals surface area contributed by atoms with Crippen molar-refractivity contribution in [1.29, 1.82) is 0 Å². The van der Waals surface area contributed by atoms with E-state index in [9.17, 15) is 4.79 Å². The van der Waals surface area contributed by atoms with Crippen LogP contribution in [0.1, 0.15) is 48.4 Å². The molecule has 1 aliphatic heterocycles. The lowest BCUT2D eigenvalue weighted by Crippen LogP contribution is -2.52. The second kappa shape index (κ2) is 5.33. The number of nitrogens with zero attached hydrogens (tertiary/aromatic N) is 1. The van der Waals surface area contributed by atoms with Crippen LogP contribution in [0, 0.1) is 19.3 Å². The highest BCUT2D eigenvalue weighted by molar-refractivity contribution is 5.96. The molecule has 2 rings (SSSR count). The largest absolute Gasteiger partial charge is 0.350 e. The van der Waals surface area contributed by atoms with Gasteiger partial charge in [-0.2, -0.15) is 5.10 Å². The van der Waals surface area contributed by atoms with E-state index in [4.69, 9.17) is 0 Å². The van der Waals surface area contributed by atoms with Crippen LogP contribution in [-0.4, -0.2) is 35.2 Å². The third-order valence-corrected chi connectivity index (χ3v) is 4.15. The number of aromatic amines is 1. The number of carbonyl (C=O) groups is 1. The van der Waals surface area contributed by atoms with E-state index in [2.05, 4.69) is 34.7 Å². The predicted octanol–water partition coefficient (Wildman–Crippen LogP) is 1.53. The van der Waals surface area contributed by atoms with Crippen molar-refractivity contribution in [1.82, 2.24) is 20.8 Å². The first-order valence-corrected chi connectivity index (χ1v) is 6.95. The summed E-state index contributed by atoms with van der Waals surface area (Å²) < 4.78 is 0. The van der Waals surface area contributed by atoms with E-state index in [1.165, 1.54) is 12.8 Å². The number of rotatable bonds is 3. The average Bonchev–Trinajstić information content (AvgIpc) is 2.67. The zero-order valence-electron chi connectivity index (χ0n) is 12.3. The highest BCUT2D eigenvalue weighted by atomic mass is 16.1. The highest BCUT2D eigenvalue weighted by Crippen LogP contribution is 2.29. The van der Waals surface area contributed by atoms with Crippen LogP contribution in [0.5, 0.6) is 0 Å². The van der Waals surface area contributed by atoms with Crippen molar-refractivity contribution in [3.05, 3.63) is 17.0 Å². The molecule has 1 aromatic rings. The van der Waals surface area contributed by atoms with Crippen LogP contribution >= 0.6 is 0 Å². The first-order chi connectivity index (χ1) is 8.92. The lowest BCUT2D eigenvalue weighted by molar-refractivity contribution is 0.0927. The van der Waals surface area contributed by atoms with Gasteiger partial charge in [-0.3, -0.25) is 9.89 Å². The van der Waals surface area contributed by atoms with Gasteiger partial charge in [0.1, 0.15) is 0 Å². The Labute approximate surface area is 114 Å². The fourth-order valence-corrected chi connectivity index (χ4v) is 2.79. The zero-order valence-corrected chi connectivity index (χ0v) is 12.3. The van der Waals surface area contributed by atoms with Gasteiger partial charge in [0.15, 0.2) is 0 Å². The molecule has 0 radical (unpaired) electrons. The van der Waals surface area contributed by atoms with E-state index < -0.39 is 0 Å². The molecule has 1 saturated heterocycles. The second-order valence-electron chi connectivity index (χ2n) is 6.12. The maximum Gasteiger partial charge on any atom is 0.255 e. The lowest BCUT2D eigenvalue weighted by atomic mass is 9.77. The van der Waals surface area contributed by atoms with Gasteiger partial charge < -0.3 is 10.6 Å². The molecule has 3 N–H and O–H groups in total. The fourth-order valence-electron chi connectivity index (χ4n) is 2.79. The normalized spacial score (nSPS) is 22.2. The van der Waals surface area contributed by atoms with Crippen LogP contribution in [0.15, 0.2) is 0 Å². The molecule has 106 valence electrons. The van der Waals surface area contributed by atoms with E-state index in [-0.39, 0.29) is 11.3 Å². The van der Waals surface area contributed by atoms with Crippen molar-refractivity contribution in [2.45, 2.75) is 46.6 Å². The summed E-state index contributed by atoms with van der Waals surface area (Å²) in [5, 5.41) is 13.4. The fraction of sp³-hybridized carbons (Fsp3) is 0.714. The molecule has 1 fully saturated rings. The number of carbonyl (C=O) groups excluding carboxylic acids is 1. The summed E-state index contributed by atoms with van der Waals surface area (Å²) in [4.78, 5) is 12.2. The Balaban J connectivity index is 1.97. The minimum Gasteiger partial charge on any atom is -0.350 e. The van der Waals surface area contributed by atoms with Gasteiger partial charge in [0.25, 0.3) is 5.91 Å². The number of nitrogens with one attached hydrogen (secondary N) is 3. The maximum absolute atomic E-state index is 12.2. The molecule has 0 spiro atoms. The topological polar surface area (TPSA) is 69.8 Å². The van der Waals surface area contributed by atoms with Crippen molar-refractivity contribution in [2.24, 2.45) is 5.41 Å². The Morgan fingerprint density at radius 3 is 2.79 bits per heavy atom. The molecule has 1 amide bonds. The van der Waals surface area contributed by atoms with Gasteiger partial charge in [0.2, 0.25) is 0 Å². The number of H-pyrrole nitrogens is 1. The van der Waals surface area contributed by atoms with E-state index >= 15 is 0 Å². The Morgan fingerprint density at radius 2 is 2.21 bits per heavy atom. The van der Waals surface area contributed by atoms with Gasteiger partial charge in [-0.15, -0.1) is 0 Å². The van der Waals surface area contributed by atoms with Crippen molar-refractivity contribution in [3.63, 3.8) is 0 Å². The van der Waals surface area contributed by atoms with Gasteiger partial charge in [-0.05, 0) is 38.6 Å². The molecule has 0 bridgehead atoms. The molecule has 19 heavy (non-hydrogen) atoms.